The lowest BCUT2D eigenvalue weighted by Crippen LogP contribution is -2.38. The van der Waals surface area contributed by atoms with Crippen molar-refractivity contribution >= 4 is 0 Å². The molecule has 120 valence electrons. The molecule has 0 saturated carbocycles. The number of hydrogen-bond acceptors (Lipinski definition) is 2. The number of nitrogens with two attached hydrogens (primary N) is 1. The summed E-state index contributed by atoms with van der Waals surface area (Å²) in [5, 5.41) is 0. The first-order valence-corrected chi connectivity index (χ1v) is 8.77. The average Bonchev–Trinajstić information content (AvgIpc) is 2.37. The lowest BCUT2D eigenvalue weighted by Gasteiger charge is -2.39. The van der Waals surface area contributed by atoms with E-state index in [1.165, 1.54) is 51.7 Å². The second-order valence-corrected chi connectivity index (χ2v) is 8.21. The summed E-state index contributed by atoms with van der Waals surface area (Å²) in [4.78, 5) is 2.68. The third-order valence-electron chi connectivity index (χ3n) is 5.34. The van der Waals surface area contributed by atoms with E-state index in [1.807, 2.05) is 0 Å². The van der Waals surface area contributed by atoms with Gasteiger partial charge in [-0.25, -0.2) is 0 Å². The van der Waals surface area contributed by atoms with Gasteiger partial charge in [-0.15, -0.1) is 0 Å². The minimum atomic E-state index is 0.496. The fraction of sp³-hybridized carbons (Fsp3) is 1.00. The second kappa shape index (κ2) is 8.38. The Morgan fingerprint density at radius 1 is 1.10 bits per heavy atom. The van der Waals surface area contributed by atoms with Gasteiger partial charge >= 0.3 is 0 Å². The van der Waals surface area contributed by atoms with Crippen LogP contribution in [-0.2, 0) is 0 Å². The van der Waals surface area contributed by atoms with Gasteiger partial charge in [-0.3, -0.25) is 0 Å². The fourth-order valence-electron chi connectivity index (χ4n) is 3.62. The van der Waals surface area contributed by atoms with Crippen LogP contribution in [0.2, 0.25) is 0 Å². The van der Waals surface area contributed by atoms with E-state index in [4.69, 9.17) is 5.73 Å². The number of nitrogens with zero attached hydrogens (tertiary/aromatic N) is 1. The molecule has 2 N–H and O–H groups in total. The molecule has 2 nitrogen and oxygen atoms in total. The molecule has 1 fully saturated rings. The van der Waals surface area contributed by atoms with Crippen LogP contribution in [0.15, 0.2) is 0 Å². The Labute approximate surface area is 127 Å². The van der Waals surface area contributed by atoms with E-state index in [0.29, 0.717) is 5.41 Å². The van der Waals surface area contributed by atoms with Crippen molar-refractivity contribution in [3.63, 3.8) is 0 Å². The van der Waals surface area contributed by atoms with Crippen LogP contribution < -0.4 is 5.73 Å². The van der Waals surface area contributed by atoms with Crippen molar-refractivity contribution in [3.8, 4) is 0 Å². The van der Waals surface area contributed by atoms with Gasteiger partial charge in [0.05, 0.1) is 0 Å². The summed E-state index contributed by atoms with van der Waals surface area (Å²) < 4.78 is 0. The molecule has 0 aromatic heterocycles. The summed E-state index contributed by atoms with van der Waals surface area (Å²) in [6.45, 7) is 16.6. The Morgan fingerprint density at radius 3 is 2.15 bits per heavy atom. The standard InChI is InChI=1S/C18H38N2/c1-15(2)16(8-11-19)7-6-12-20-13-9-17(10-14-20)18(3,4)5/h15-17H,6-14,19H2,1-5H3. The van der Waals surface area contributed by atoms with E-state index < -0.39 is 0 Å². The van der Waals surface area contributed by atoms with Gasteiger partial charge in [0, 0.05) is 0 Å². The first-order chi connectivity index (χ1) is 9.34. The zero-order chi connectivity index (χ0) is 15.2. The van der Waals surface area contributed by atoms with Crippen molar-refractivity contribution in [1.82, 2.24) is 4.90 Å². The molecule has 0 spiro atoms. The van der Waals surface area contributed by atoms with Gasteiger partial charge in [-0.1, -0.05) is 34.6 Å². The van der Waals surface area contributed by atoms with Crippen LogP contribution in [0.3, 0.4) is 0 Å². The summed E-state index contributed by atoms with van der Waals surface area (Å²) in [5.74, 6) is 2.52. The van der Waals surface area contributed by atoms with Crippen molar-refractivity contribution < 1.29 is 0 Å². The number of likely N-dealkylation sites (tertiary alicyclic amines) is 1. The van der Waals surface area contributed by atoms with E-state index in [-0.39, 0.29) is 0 Å². The molecule has 1 unspecified atom stereocenters. The van der Waals surface area contributed by atoms with Gasteiger partial charge in [0.15, 0.2) is 0 Å². The zero-order valence-electron chi connectivity index (χ0n) is 14.6. The van der Waals surface area contributed by atoms with Crippen molar-refractivity contribution in [2.45, 2.75) is 66.7 Å². The smallest absolute Gasteiger partial charge is 0.00159 e. The molecule has 2 heteroatoms. The Kier molecular flexibility index (Phi) is 7.53. The SMILES string of the molecule is CC(C)C(CCN)CCCN1CCC(C(C)(C)C)CC1. The molecular formula is C18H38N2. The number of piperidine rings is 1. The first kappa shape index (κ1) is 18.0. The molecule has 0 amide bonds. The molecule has 0 aromatic carbocycles. The monoisotopic (exact) mass is 282 g/mol. The highest BCUT2D eigenvalue weighted by atomic mass is 15.1. The second-order valence-electron chi connectivity index (χ2n) is 8.21. The normalized spacial score (nSPS) is 20.6. The van der Waals surface area contributed by atoms with Gasteiger partial charge in [0.1, 0.15) is 0 Å². The molecule has 1 rings (SSSR count). The van der Waals surface area contributed by atoms with Crippen LogP contribution in [0.25, 0.3) is 0 Å². The predicted octanol–water partition coefficient (Wildman–Crippen LogP) is 4.15. The lowest BCUT2D eigenvalue weighted by molar-refractivity contribution is 0.109. The topological polar surface area (TPSA) is 29.3 Å². The minimum Gasteiger partial charge on any atom is -0.330 e. The highest BCUT2D eigenvalue weighted by Crippen LogP contribution is 2.34. The van der Waals surface area contributed by atoms with Crippen LogP contribution in [0.1, 0.15) is 66.7 Å². The third kappa shape index (κ3) is 6.13. The van der Waals surface area contributed by atoms with Crippen molar-refractivity contribution in [2.24, 2.45) is 28.9 Å². The van der Waals surface area contributed by atoms with Crippen LogP contribution >= 0.6 is 0 Å². The van der Waals surface area contributed by atoms with Crippen molar-refractivity contribution in [2.75, 3.05) is 26.2 Å². The molecule has 1 aliphatic heterocycles. The van der Waals surface area contributed by atoms with Crippen molar-refractivity contribution in [1.29, 1.82) is 0 Å². The summed E-state index contributed by atoms with van der Waals surface area (Å²) in [7, 11) is 0. The van der Waals surface area contributed by atoms with Crippen molar-refractivity contribution in [3.05, 3.63) is 0 Å². The highest BCUT2D eigenvalue weighted by Gasteiger charge is 2.28. The quantitative estimate of drug-likeness (QED) is 0.760. The first-order valence-electron chi connectivity index (χ1n) is 8.77. The minimum absolute atomic E-state index is 0.496. The Hall–Kier alpha value is -0.0800. The maximum absolute atomic E-state index is 5.73. The molecule has 20 heavy (non-hydrogen) atoms. The molecule has 0 radical (unpaired) electrons. The van der Waals surface area contributed by atoms with Gasteiger partial charge in [-0.2, -0.15) is 0 Å². The molecule has 1 atom stereocenters. The van der Waals surface area contributed by atoms with E-state index in [9.17, 15) is 0 Å². The predicted molar refractivity (Wildman–Crippen MR) is 89.9 cm³/mol. The Morgan fingerprint density at radius 2 is 1.70 bits per heavy atom. The van der Waals surface area contributed by atoms with E-state index in [1.54, 1.807) is 0 Å². The van der Waals surface area contributed by atoms with E-state index in [0.717, 1.165) is 24.3 Å². The summed E-state index contributed by atoms with van der Waals surface area (Å²) in [5.41, 5.74) is 6.22. The van der Waals surface area contributed by atoms with Gasteiger partial charge in [-0.05, 0) is 81.5 Å². The Balaban J connectivity index is 2.21. The van der Waals surface area contributed by atoms with Crippen LogP contribution in [0.4, 0.5) is 0 Å². The van der Waals surface area contributed by atoms with Crippen LogP contribution in [0, 0.1) is 23.2 Å². The lowest BCUT2D eigenvalue weighted by atomic mass is 9.75. The summed E-state index contributed by atoms with van der Waals surface area (Å²) >= 11 is 0. The Bertz CT molecular complexity index is 247. The maximum atomic E-state index is 5.73. The molecular weight excluding hydrogens is 244 g/mol. The summed E-state index contributed by atoms with van der Waals surface area (Å²) in [6.07, 6.45) is 6.68. The van der Waals surface area contributed by atoms with Crippen LogP contribution in [-0.4, -0.2) is 31.1 Å². The van der Waals surface area contributed by atoms with Crippen LogP contribution in [0.5, 0.6) is 0 Å². The molecule has 1 heterocycles. The maximum Gasteiger partial charge on any atom is -0.00159 e. The number of hydrogen-bond donors (Lipinski definition) is 1. The molecule has 0 bridgehead atoms. The molecule has 0 aromatic rings. The molecule has 0 aliphatic carbocycles. The highest BCUT2D eigenvalue weighted by molar-refractivity contribution is 4.80. The third-order valence-corrected chi connectivity index (χ3v) is 5.34. The fourth-order valence-corrected chi connectivity index (χ4v) is 3.62. The van der Waals surface area contributed by atoms with Gasteiger partial charge in [0.2, 0.25) is 0 Å². The van der Waals surface area contributed by atoms with E-state index >= 15 is 0 Å². The summed E-state index contributed by atoms with van der Waals surface area (Å²) in [6, 6.07) is 0. The zero-order valence-corrected chi connectivity index (χ0v) is 14.6. The number of rotatable bonds is 7. The van der Waals surface area contributed by atoms with Gasteiger partial charge < -0.3 is 10.6 Å². The van der Waals surface area contributed by atoms with E-state index in [2.05, 4.69) is 39.5 Å². The largest absolute Gasteiger partial charge is 0.330 e. The average molecular weight is 283 g/mol. The molecule has 1 saturated heterocycles. The van der Waals surface area contributed by atoms with Gasteiger partial charge in [0.25, 0.3) is 0 Å². The molecule has 1 aliphatic rings.